The molecule has 4 fully saturated rings. The average molecular weight is 553 g/mol. The Morgan fingerprint density at radius 1 is 1.18 bits per heavy atom. The fourth-order valence-electron chi connectivity index (χ4n) is 8.97. The molecule has 0 radical (unpaired) electrons. The minimum Gasteiger partial charge on any atom is -0.493 e. The van der Waals surface area contributed by atoms with Gasteiger partial charge in [-0.15, -0.1) is 0 Å². The molecule has 40 heavy (non-hydrogen) atoms. The lowest BCUT2D eigenvalue weighted by Gasteiger charge is -2.58. The SMILES string of the molecule is CCC(=O)N(CC12CC3CC(CC(C3)C1)C2)[C@@H]1C=C(C(=O)NCCO)[C@@H]2c3cc(C=O)cc(OC)c3O[C@@H]2[C@H]1O. The van der Waals surface area contributed by atoms with Crippen LogP contribution >= 0.6 is 0 Å². The normalized spacial score (nSPS) is 34.8. The minimum absolute atomic E-state index is 0.0465. The van der Waals surface area contributed by atoms with Gasteiger partial charge in [-0.1, -0.05) is 6.92 Å². The van der Waals surface area contributed by atoms with Gasteiger partial charge in [-0.3, -0.25) is 14.4 Å². The van der Waals surface area contributed by atoms with E-state index in [0.29, 0.717) is 65.2 Å². The number of nitrogens with zero attached hydrogens (tertiary/aromatic N) is 1. The van der Waals surface area contributed by atoms with Crippen LogP contribution in [0, 0.1) is 23.2 Å². The predicted octanol–water partition coefficient (Wildman–Crippen LogP) is 2.59. The largest absolute Gasteiger partial charge is 0.493 e. The maximum absolute atomic E-state index is 13.6. The third kappa shape index (κ3) is 4.51. The van der Waals surface area contributed by atoms with Crippen LogP contribution in [0.25, 0.3) is 0 Å². The fourth-order valence-corrected chi connectivity index (χ4v) is 8.97. The number of benzene rings is 1. The molecule has 5 aliphatic carbocycles. The van der Waals surface area contributed by atoms with Gasteiger partial charge in [-0.2, -0.15) is 0 Å². The highest BCUT2D eigenvalue weighted by molar-refractivity contribution is 5.96. The summed E-state index contributed by atoms with van der Waals surface area (Å²) >= 11 is 0. The van der Waals surface area contributed by atoms with Crippen LogP contribution in [0.5, 0.6) is 11.5 Å². The van der Waals surface area contributed by atoms with E-state index in [1.54, 1.807) is 18.2 Å². The second-order valence-corrected chi connectivity index (χ2v) is 12.7. The van der Waals surface area contributed by atoms with Crippen LogP contribution in [-0.2, 0) is 9.59 Å². The Labute approximate surface area is 234 Å². The number of carbonyl (C=O) groups excluding carboxylic acids is 3. The Kier molecular flexibility index (Phi) is 7.15. The number of aliphatic hydroxyl groups excluding tert-OH is 2. The summed E-state index contributed by atoms with van der Waals surface area (Å²) in [7, 11) is 1.48. The summed E-state index contributed by atoms with van der Waals surface area (Å²) in [5, 5.41) is 24.0. The number of rotatable bonds is 9. The molecule has 4 atom stereocenters. The van der Waals surface area contributed by atoms with E-state index in [4.69, 9.17) is 9.47 Å². The van der Waals surface area contributed by atoms with Gasteiger partial charge in [0.1, 0.15) is 18.5 Å². The summed E-state index contributed by atoms with van der Waals surface area (Å²) in [6.07, 6.45) is 8.01. The van der Waals surface area contributed by atoms with Crippen molar-refractivity contribution in [2.24, 2.45) is 23.2 Å². The molecule has 6 aliphatic rings. The molecular weight excluding hydrogens is 512 g/mol. The number of carbonyl (C=O) groups is 3. The van der Waals surface area contributed by atoms with E-state index in [1.165, 1.54) is 26.4 Å². The van der Waals surface area contributed by atoms with Crippen molar-refractivity contribution in [2.45, 2.75) is 76.0 Å². The van der Waals surface area contributed by atoms with E-state index < -0.39 is 30.1 Å². The van der Waals surface area contributed by atoms with Crippen LogP contribution in [0.3, 0.4) is 0 Å². The molecule has 3 N–H and O–H groups in total. The molecular formula is C31H40N2O7. The number of hydrogen-bond acceptors (Lipinski definition) is 7. The molecule has 9 heteroatoms. The van der Waals surface area contributed by atoms with Crippen LogP contribution in [0.1, 0.15) is 73.7 Å². The van der Waals surface area contributed by atoms with Crippen molar-refractivity contribution in [3.05, 3.63) is 34.9 Å². The first-order valence-electron chi connectivity index (χ1n) is 14.7. The number of fused-ring (bicyclic) bond motifs is 3. The first kappa shape index (κ1) is 27.3. The maximum atomic E-state index is 13.6. The number of hydrogen-bond donors (Lipinski definition) is 3. The van der Waals surface area contributed by atoms with Gasteiger partial charge in [0.15, 0.2) is 11.5 Å². The van der Waals surface area contributed by atoms with Crippen molar-refractivity contribution < 1.29 is 34.1 Å². The Hall–Kier alpha value is -2.91. The van der Waals surface area contributed by atoms with E-state index >= 15 is 0 Å². The van der Waals surface area contributed by atoms with Gasteiger partial charge in [-0.25, -0.2) is 0 Å². The minimum atomic E-state index is -1.10. The molecule has 9 nitrogen and oxygen atoms in total. The van der Waals surface area contributed by atoms with Crippen molar-refractivity contribution in [3.63, 3.8) is 0 Å². The zero-order valence-corrected chi connectivity index (χ0v) is 23.3. The number of ether oxygens (including phenoxy) is 2. The van der Waals surface area contributed by atoms with Crippen LogP contribution in [0.2, 0.25) is 0 Å². The molecule has 1 aromatic carbocycles. The first-order valence-corrected chi connectivity index (χ1v) is 14.7. The molecule has 7 rings (SSSR count). The lowest BCUT2D eigenvalue weighted by molar-refractivity contribution is -0.144. The van der Waals surface area contributed by atoms with Crippen LogP contribution in [0.15, 0.2) is 23.8 Å². The molecule has 1 heterocycles. The smallest absolute Gasteiger partial charge is 0.247 e. The molecule has 0 spiro atoms. The highest BCUT2D eigenvalue weighted by Gasteiger charge is 2.55. The van der Waals surface area contributed by atoms with Gasteiger partial charge in [0.2, 0.25) is 11.8 Å². The van der Waals surface area contributed by atoms with Crippen molar-refractivity contribution >= 4 is 18.1 Å². The van der Waals surface area contributed by atoms with Crippen molar-refractivity contribution in [3.8, 4) is 11.5 Å². The van der Waals surface area contributed by atoms with Crippen LogP contribution in [-0.4, -0.2) is 78.3 Å². The second kappa shape index (κ2) is 10.5. The first-order chi connectivity index (χ1) is 19.3. The van der Waals surface area contributed by atoms with Gasteiger partial charge < -0.3 is 29.9 Å². The highest BCUT2D eigenvalue weighted by Crippen LogP contribution is 2.60. The number of amides is 2. The van der Waals surface area contributed by atoms with Gasteiger partial charge >= 0.3 is 0 Å². The average Bonchev–Trinajstić information content (AvgIpc) is 3.33. The summed E-state index contributed by atoms with van der Waals surface area (Å²) in [4.78, 5) is 40.6. The lowest BCUT2D eigenvalue weighted by atomic mass is 9.49. The molecule has 0 aromatic heterocycles. The zero-order valence-electron chi connectivity index (χ0n) is 23.3. The lowest BCUT2D eigenvalue weighted by Crippen LogP contribution is -2.59. The monoisotopic (exact) mass is 552 g/mol. The van der Waals surface area contributed by atoms with Gasteiger partial charge in [-0.05, 0) is 79.9 Å². The molecule has 4 saturated carbocycles. The number of aliphatic hydroxyl groups is 2. The number of nitrogens with one attached hydrogen (secondary N) is 1. The molecule has 0 unspecified atom stereocenters. The molecule has 2 amide bonds. The van der Waals surface area contributed by atoms with Crippen LogP contribution in [0.4, 0.5) is 0 Å². The summed E-state index contributed by atoms with van der Waals surface area (Å²) < 4.78 is 11.8. The quantitative estimate of drug-likeness (QED) is 0.402. The topological polar surface area (TPSA) is 125 Å². The third-order valence-electron chi connectivity index (χ3n) is 10.1. The maximum Gasteiger partial charge on any atom is 0.247 e. The summed E-state index contributed by atoms with van der Waals surface area (Å²) in [5.74, 6) is 1.77. The van der Waals surface area contributed by atoms with E-state index in [0.717, 1.165) is 19.3 Å². The Bertz CT molecular complexity index is 1190. The molecule has 216 valence electrons. The van der Waals surface area contributed by atoms with Gasteiger partial charge in [0.05, 0.1) is 25.7 Å². The van der Waals surface area contributed by atoms with Gasteiger partial charge in [0.25, 0.3) is 0 Å². The zero-order chi connectivity index (χ0) is 28.2. The number of methoxy groups -OCH3 is 1. The number of aldehydes is 1. The second-order valence-electron chi connectivity index (χ2n) is 12.7. The third-order valence-corrected chi connectivity index (χ3v) is 10.1. The molecule has 4 bridgehead atoms. The summed E-state index contributed by atoms with van der Waals surface area (Å²) in [5.41, 5.74) is 1.36. The fraction of sp³-hybridized carbons (Fsp3) is 0.645. The summed E-state index contributed by atoms with van der Waals surface area (Å²) in [6.45, 7) is 2.24. The van der Waals surface area contributed by atoms with E-state index in [-0.39, 0.29) is 24.5 Å². The Balaban J connectivity index is 1.40. The van der Waals surface area contributed by atoms with E-state index in [2.05, 4.69) is 5.32 Å². The molecule has 1 aromatic rings. The van der Waals surface area contributed by atoms with Gasteiger partial charge in [0, 0.05) is 36.2 Å². The van der Waals surface area contributed by atoms with E-state index in [1.807, 2.05) is 11.8 Å². The standard InChI is InChI=1S/C31H40N2O7/c1-3-25(36)33(16-31-12-17-6-18(13-31)8-19(7-17)14-31)23-11-22(30(38)32-4-5-34)26-21-9-20(15-35)10-24(39-2)28(21)40-29(26)27(23)37/h9-11,15,17-19,23,26-27,29,34,37H,3-8,12-14,16H2,1-2H3,(H,32,38)/t17?,18?,19?,23-,26+,27+,29+,31?/m1/s1. The van der Waals surface area contributed by atoms with Crippen molar-refractivity contribution in [1.82, 2.24) is 10.2 Å². The molecule has 0 saturated heterocycles. The summed E-state index contributed by atoms with van der Waals surface area (Å²) in [6, 6.07) is 2.49. The Morgan fingerprint density at radius 3 is 2.42 bits per heavy atom. The van der Waals surface area contributed by atoms with Crippen LogP contribution < -0.4 is 14.8 Å². The Morgan fingerprint density at radius 2 is 1.85 bits per heavy atom. The predicted molar refractivity (Wildman–Crippen MR) is 146 cm³/mol. The van der Waals surface area contributed by atoms with E-state index in [9.17, 15) is 24.6 Å². The highest BCUT2D eigenvalue weighted by atomic mass is 16.5. The van der Waals surface area contributed by atoms with Crippen molar-refractivity contribution in [1.29, 1.82) is 0 Å². The molecule has 1 aliphatic heterocycles. The van der Waals surface area contributed by atoms with Crippen molar-refractivity contribution in [2.75, 3.05) is 26.8 Å².